The number of para-hydroxylation sites is 1. The highest BCUT2D eigenvalue weighted by atomic mass is 32.1. The topological polar surface area (TPSA) is 73.7 Å². The summed E-state index contributed by atoms with van der Waals surface area (Å²) in [6, 6.07) is 18.7. The number of H-pyrrole nitrogens is 1. The highest BCUT2D eigenvalue weighted by Crippen LogP contribution is 2.41. The number of aryl methyl sites for hydroxylation is 1. The van der Waals surface area contributed by atoms with Crippen molar-refractivity contribution in [3.05, 3.63) is 72.1 Å². The van der Waals surface area contributed by atoms with Gasteiger partial charge in [0.2, 0.25) is 0 Å². The molecule has 2 aromatic carbocycles. The second-order valence-electron chi connectivity index (χ2n) is 7.99. The third kappa shape index (κ3) is 3.92. The van der Waals surface area contributed by atoms with Crippen LogP contribution in [0, 0.1) is 18.3 Å². The molecule has 2 N–H and O–H groups in total. The van der Waals surface area contributed by atoms with Crippen LogP contribution in [-0.2, 0) is 0 Å². The first-order chi connectivity index (χ1) is 16.2. The number of nitrogens with one attached hydrogen (secondary N) is 2. The van der Waals surface area contributed by atoms with Crippen LogP contribution in [0.3, 0.4) is 0 Å². The van der Waals surface area contributed by atoms with Crippen molar-refractivity contribution in [1.82, 2.24) is 9.97 Å². The summed E-state index contributed by atoms with van der Waals surface area (Å²) in [6.07, 6.45) is 5.71. The zero-order valence-corrected chi connectivity index (χ0v) is 19.4. The number of aromatic amines is 1. The predicted molar refractivity (Wildman–Crippen MR) is 136 cm³/mol. The van der Waals surface area contributed by atoms with Gasteiger partial charge in [-0.05, 0) is 55.3 Å². The van der Waals surface area contributed by atoms with Gasteiger partial charge in [0, 0.05) is 44.8 Å². The van der Waals surface area contributed by atoms with Crippen LogP contribution < -0.4 is 10.1 Å². The number of hydrogen-bond donors (Lipinski definition) is 2. The third-order valence-electron chi connectivity index (χ3n) is 5.85. The lowest BCUT2D eigenvalue weighted by atomic mass is 10.1. The van der Waals surface area contributed by atoms with Gasteiger partial charge in [-0.2, -0.15) is 5.26 Å². The van der Waals surface area contributed by atoms with Crippen LogP contribution in [0.2, 0.25) is 0 Å². The molecule has 0 radical (unpaired) electrons. The number of nitriles is 1. The minimum absolute atomic E-state index is 0.521. The SMILES string of the molecule is CCCCOc1ccccc1-c1cc2c(Nc3ccc4[nH]ccc4c3C)c(C#N)cnc2s1. The Morgan fingerprint density at radius 1 is 1.15 bits per heavy atom. The van der Waals surface area contributed by atoms with Crippen molar-refractivity contribution in [3.8, 4) is 22.3 Å². The lowest BCUT2D eigenvalue weighted by Crippen LogP contribution is -1.98. The molecule has 0 atom stereocenters. The van der Waals surface area contributed by atoms with Crippen molar-refractivity contribution in [2.45, 2.75) is 26.7 Å². The Morgan fingerprint density at radius 2 is 2.03 bits per heavy atom. The van der Waals surface area contributed by atoms with Crippen LogP contribution in [-0.4, -0.2) is 16.6 Å². The molecule has 0 saturated carbocycles. The number of anilines is 2. The molecule has 0 amide bonds. The first-order valence-corrected chi connectivity index (χ1v) is 11.9. The molecule has 0 aliphatic rings. The highest BCUT2D eigenvalue weighted by molar-refractivity contribution is 7.22. The first-order valence-electron chi connectivity index (χ1n) is 11.1. The molecule has 164 valence electrons. The van der Waals surface area contributed by atoms with Gasteiger partial charge in [0.1, 0.15) is 16.6 Å². The summed E-state index contributed by atoms with van der Waals surface area (Å²) in [5.74, 6) is 0.876. The maximum Gasteiger partial charge on any atom is 0.127 e. The Balaban J connectivity index is 1.59. The van der Waals surface area contributed by atoms with Gasteiger partial charge in [0.25, 0.3) is 0 Å². The molecule has 33 heavy (non-hydrogen) atoms. The summed E-state index contributed by atoms with van der Waals surface area (Å²) in [7, 11) is 0. The molecule has 5 rings (SSSR count). The maximum absolute atomic E-state index is 9.80. The lowest BCUT2D eigenvalue weighted by Gasteiger charge is -2.13. The van der Waals surface area contributed by atoms with Crippen LogP contribution in [0.4, 0.5) is 11.4 Å². The molecule has 3 heterocycles. The van der Waals surface area contributed by atoms with E-state index in [1.54, 1.807) is 17.5 Å². The van der Waals surface area contributed by atoms with Crippen molar-refractivity contribution in [3.63, 3.8) is 0 Å². The minimum atomic E-state index is 0.521. The van der Waals surface area contributed by atoms with Crippen molar-refractivity contribution in [1.29, 1.82) is 5.26 Å². The van der Waals surface area contributed by atoms with Crippen molar-refractivity contribution in [2.75, 3.05) is 11.9 Å². The van der Waals surface area contributed by atoms with Gasteiger partial charge in [0.05, 0.1) is 17.9 Å². The zero-order valence-electron chi connectivity index (χ0n) is 18.6. The number of fused-ring (bicyclic) bond motifs is 2. The van der Waals surface area contributed by atoms with E-state index in [1.807, 2.05) is 30.5 Å². The van der Waals surface area contributed by atoms with Gasteiger partial charge in [-0.15, -0.1) is 11.3 Å². The fourth-order valence-electron chi connectivity index (χ4n) is 4.02. The van der Waals surface area contributed by atoms with Crippen LogP contribution >= 0.6 is 11.3 Å². The molecule has 0 bridgehead atoms. The third-order valence-corrected chi connectivity index (χ3v) is 6.93. The average Bonchev–Trinajstić information content (AvgIpc) is 3.49. The second-order valence-corrected chi connectivity index (χ2v) is 9.02. The van der Waals surface area contributed by atoms with E-state index in [0.29, 0.717) is 12.2 Å². The predicted octanol–water partition coefficient (Wildman–Crippen LogP) is 7.55. The number of benzene rings is 2. The smallest absolute Gasteiger partial charge is 0.127 e. The summed E-state index contributed by atoms with van der Waals surface area (Å²) in [6.45, 7) is 4.94. The number of hydrogen-bond acceptors (Lipinski definition) is 5. The van der Waals surface area contributed by atoms with E-state index < -0.39 is 0 Å². The fraction of sp³-hybridized carbons (Fsp3) is 0.185. The van der Waals surface area contributed by atoms with E-state index in [9.17, 15) is 5.26 Å². The van der Waals surface area contributed by atoms with Crippen LogP contribution in [0.15, 0.2) is 60.9 Å². The van der Waals surface area contributed by atoms with E-state index in [1.165, 1.54) is 0 Å². The molecule has 0 unspecified atom stereocenters. The van der Waals surface area contributed by atoms with Crippen LogP contribution in [0.1, 0.15) is 30.9 Å². The molecule has 5 aromatic rings. The number of nitrogens with zero attached hydrogens (tertiary/aromatic N) is 2. The van der Waals surface area contributed by atoms with E-state index in [2.05, 4.69) is 59.5 Å². The lowest BCUT2D eigenvalue weighted by molar-refractivity contribution is 0.310. The number of aromatic nitrogens is 2. The van der Waals surface area contributed by atoms with Gasteiger partial charge in [-0.1, -0.05) is 25.5 Å². The second kappa shape index (κ2) is 8.97. The molecule has 0 aliphatic heterocycles. The van der Waals surface area contributed by atoms with E-state index in [0.717, 1.165) is 67.1 Å². The van der Waals surface area contributed by atoms with Crippen LogP contribution in [0.5, 0.6) is 5.75 Å². The number of unbranched alkanes of at least 4 members (excludes halogenated alkanes) is 1. The maximum atomic E-state index is 9.80. The Kier molecular flexibility index (Phi) is 5.72. The Labute approximate surface area is 196 Å². The first kappa shape index (κ1) is 21.0. The summed E-state index contributed by atoms with van der Waals surface area (Å²) < 4.78 is 6.06. The number of pyridine rings is 1. The summed E-state index contributed by atoms with van der Waals surface area (Å²) in [4.78, 5) is 9.78. The Hall–Kier alpha value is -3.82. The summed E-state index contributed by atoms with van der Waals surface area (Å²) in [5, 5.41) is 15.4. The number of ether oxygens (including phenoxy) is 1. The minimum Gasteiger partial charge on any atom is -0.493 e. The Morgan fingerprint density at radius 3 is 2.88 bits per heavy atom. The molecule has 6 heteroatoms. The summed E-state index contributed by atoms with van der Waals surface area (Å²) >= 11 is 1.61. The van der Waals surface area contributed by atoms with Gasteiger partial charge < -0.3 is 15.0 Å². The van der Waals surface area contributed by atoms with Gasteiger partial charge >= 0.3 is 0 Å². The largest absolute Gasteiger partial charge is 0.493 e. The van der Waals surface area contributed by atoms with Gasteiger partial charge in [-0.3, -0.25) is 0 Å². The standard InChI is InChI=1S/C27H24N4OS/c1-3-4-13-32-24-8-6-5-7-20(24)25-14-21-26(18(15-28)16-30-27(21)33-25)31-22-9-10-23-19(17(22)2)11-12-29-23/h5-12,14,16,29H,3-4,13H2,1-2H3,(H,30,31). The average molecular weight is 453 g/mol. The van der Waals surface area contributed by atoms with Gasteiger partial charge in [0.15, 0.2) is 0 Å². The number of rotatable bonds is 7. The zero-order chi connectivity index (χ0) is 22.8. The molecule has 0 aliphatic carbocycles. The van der Waals surface area contributed by atoms with Crippen molar-refractivity contribution >= 4 is 43.8 Å². The molecule has 3 aromatic heterocycles. The summed E-state index contributed by atoms with van der Waals surface area (Å²) in [5.41, 5.74) is 5.55. The molecular weight excluding hydrogens is 428 g/mol. The molecule has 0 fully saturated rings. The highest BCUT2D eigenvalue weighted by Gasteiger charge is 2.17. The van der Waals surface area contributed by atoms with Gasteiger partial charge in [-0.25, -0.2) is 4.98 Å². The van der Waals surface area contributed by atoms with Crippen molar-refractivity contribution < 1.29 is 4.74 Å². The molecule has 0 spiro atoms. The Bertz CT molecular complexity index is 1490. The fourth-order valence-corrected chi connectivity index (χ4v) is 5.06. The quantitative estimate of drug-likeness (QED) is 0.250. The monoisotopic (exact) mass is 452 g/mol. The molecule has 0 saturated heterocycles. The molecule has 5 nitrogen and oxygen atoms in total. The van der Waals surface area contributed by atoms with Crippen LogP contribution in [0.25, 0.3) is 31.6 Å². The molecular formula is C27H24N4OS. The van der Waals surface area contributed by atoms with E-state index in [4.69, 9.17) is 4.74 Å². The number of thiophene rings is 1. The van der Waals surface area contributed by atoms with Crippen molar-refractivity contribution in [2.24, 2.45) is 0 Å². The van der Waals surface area contributed by atoms with E-state index in [-0.39, 0.29) is 0 Å². The van der Waals surface area contributed by atoms with E-state index >= 15 is 0 Å². The normalized spacial score (nSPS) is 11.1.